The van der Waals surface area contributed by atoms with Crippen LogP contribution < -0.4 is 10.5 Å². The predicted molar refractivity (Wildman–Crippen MR) is 128 cm³/mol. The Morgan fingerprint density at radius 3 is 2.66 bits per heavy atom. The molecule has 0 saturated heterocycles. The smallest absolute Gasteiger partial charge is 0.233 e. The number of thiophene rings is 1. The van der Waals surface area contributed by atoms with E-state index in [0.29, 0.717) is 16.1 Å². The second-order valence-electron chi connectivity index (χ2n) is 8.87. The highest BCUT2D eigenvalue weighted by Crippen LogP contribution is 2.37. The van der Waals surface area contributed by atoms with Gasteiger partial charge in [0.1, 0.15) is 11.1 Å². The molecular weight excluding hydrogens is 444 g/mol. The maximum absolute atomic E-state index is 12.5. The van der Waals surface area contributed by atoms with Crippen molar-refractivity contribution in [1.29, 1.82) is 5.26 Å². The van der Waals surface area contributed by atoms with Crippen LogP contribution in [-0.2, 0) is 27.8 Å². The van der Waals surface area contributed by atoms with Crippen LogP contribution in [0.5, 0.6) is 0 Å². The van der Waals surface area contributed by atoms with E-state index in [1.54, 1.807) is 13.0 Å². The van der Waals surface area contributed by atoms with Crippen molar-refractivity contribution >= 4 is 32.3 Å². The van der Waals surface area contributed by atoms with Gasteiger partial charge < -0.3 is 5.32 Å². The van der Waals surface area contributed by atoms with Crippen LogP contribution in [0.4, 0.5) is 5.00 Å². The van der Waals surface area contributed by atoms with E-state index in [4.69, 9.17) is 5.14 Å². The predicted octanol–water partition coefficient (Wildman–Crippen LogP) is 4.03. The minimum atomic E-state index is -3.72. The molecule has 1 amide bonds. The molecule has 2 heterocycles. The van der Waals surface area contributed by atoms with Crippen molar-refractivity contribution in [3.63, 3.8) is 0 Å². The van der Waals surface area contributed by atoms with Crippen LogP contribution in [-0.4, -0.2) is 32.3 Å². The first-order valence-electron chi connectivity index (χ1n) is 11.1. The minimum Gasteiger partial charge on any atom is -0.316 e. The number of nitriles is 1. The maximum Gasteiger partial charge on any atom is 0.233 e. The Morgan fingerprint density at radius 2 is 2.00 bits per heavy atom. The summed E-state index contributed by atoms with van der Waals surface area (Å²) in [7, 11) is -3.72. The lowest BCUT2D eigenvalue weighted by molar-refractivity contribution is -0.115. The summed E-state index contributed by atoms with van der Waals surface area (Å²) in [5.74, 6) is 0.552. The standard InChI is InChI=1S/C23H32N4O3S2/c1-16(8-9-17(2)32(25,29)30)12-22(28)26-23-20(13-24)19-10-11-27(15-21(19)31-23)14-18-6-4-3-5-7-18/h8-9,18H,3-7,10-12,14-15H2,1-2H3,(H,26,28)(H2,25,29,30)/b16-8+,17-9+. The Bertz CT molecular complexity index is 1060. The molecule has 0 spiro atoms. The average molecular weight is 477 g/mol. The van der Waals surface area contributed by atoms with Crippen LogP contribution in [0.1, 0.15) is 68.4 Å². The topological polar surface area (TPSA) is 116 Å². The number of carbonyl (C=O) groups is 1. The Kier molecular flexibility index (Phi) is 8.28. The molecule has 2 aliphatic rings. The number of fused-ring (bicyclic) bond motifs is 1. The number of nitrogens with one attached hydrogen (secondary N) is 1. The van der Waals surface area contributed by atoms with Gasteiger partial charge in [0.15, 0.2) is 0 Å². The number of sulfonamides is 1. The summed E-state index contributed by atoms with van der Waals surface area (Å²) in [5, 5.41) is 18.3. The molecule has 1 aromatic heterocycles. The fraction of sp³-hybridized carbons (Fsp3) is 0.565. The molecule has 7 nitrogen and oxygen atoms in total. The highest BCUT2D eigenvalue weighted by molar-refractivity contribution is 7.93. The normalized spacial score (nSPS) is 18.8. The van der Waals surface area contributed by atoms with E-state index in [9.17, 15) is 18.5 Å². The van der Waals surface area contributed by atoms with Gasteiger partial charge in [-0.1, -0.05) is 30.9 Å². The molecule has 0 radical (unpaired) electrons. The number of allylic oxidation sites excluding steroid dienone is 3. The zero-order valence-corrected chi connectivity index (χ0v) is 20.4. The summed E-state index contributed by atoms with van der Waals surface area (Å²) < 4.78 is 22.6. The third-order valence-corrected chi connectivity index (χ3v) is 8.40. The largest absolute Gasteiger partial charge is 0.316 e. The molecule has 32 heavy (non-hydrogen) atoms. The minimum absolute atomic E-state index is 0.0349. The summed E-state index contributed by atoms with van der Waals surface area (Å²) in [6.45, 7) is 6.08. The zero-order chi connectivity index (χ0) is 23.3. The van der Waals surface area contributed by atoms with Crippen molar-refractivity contribution < 1.29 is 13.2 Å². The number of rotatable bonds is 7. The van der Waals surface area contributed by atoms with Gasteiger partial charge in [-0.05, 0) is 50.7 Å². The van der Waals surface area contributed by atoms with Crippen molar-refractivity contribution in [2.24, 2.45) is 11.1 Å². The fourth-order valence-electron chi connectivity index (χ4n) is 4.39. The number of nitrogens with zero attached hydrogens (tertiary/aromatic N) is 2. The SMILES string of the molecule is C/C(=C\C=C(/C)S(N)(=O)=O)CC(=O)Nc1sc2c(c1C#N)CCN(CC1CCCCC1)C2. The van der Waals surface area contributed by atoms with Crippen molar-refractivity contribution in [2.75, 3.05) is 18.4 Å². The fourth-order valence-corrected chi connectivity index (χ4v) is 5.91. The first-order valence-corrected chi connectivity index (χ1v) is 13.5. The lowest BCUT2D eigenvalue weighted by atomic mass is 9.88. The lowest BCUT2D eigenvalue weighted by Gasteiger charge is -2.32. The molecule has 1 aromatic rings. The van der Waals surface area contributed by atoms with Crippen molar-refractivity contribution in [2.45, 2.75) is 65.3 Å². The van der Waals surface area contributed by atoms with Gasteiger partial charge in [-0.3, -0.25) is 9.69 Å². The van der Waals surface area contributed by atoms with E-state index >= 15 is 0 Å². The van der Waals surface area contributed by atoms with Crippen LogP contribution in [0.25, 0.3) is 0 Å². The molecular formula is C23H32N4O3S2. The first kappa shape index (κ1) is 24.6. The number of carbonyl (C=O) groups excluding carboxylic acids is 1. The van der Waals surface area contributed by atoms with Gasteiger partial charge in [-0.25, -0.2) is 13.6 Å². The molecule has 174 valence electrons. The maximum atomic E-state index is 12.5. The van der Waals surface area contributed by atoms with Gasteiger partial charge in [0.25, 0.3) is 0 Å². The Morgan fingerprint density at radius 1 is 1.28 bits per heavy atom. The summed E-state index contributed by atoms with van der Waals surface area (Å²) in [4.78, 5) is 16.3. The molecule has 9 heteroatoms. The number of nitrogens with two attached hydrogens (primary N) is 1. The molecule has 1 saturated carbocycles. The number of anilines is 1. The molecule has 3 N–H and O–H groups in total. The van der Waals surface area contributed by atoms with Gasteiger partial charge in [0, 0.05) is 30.9 Å². The average Bonchev–Trinajstić information content (AvgIpc) is 3.07. The second kappa shape index (κ2) is 10.8. The van der Waals surface area contributed by atoms with Crippen LogP contribution in [0, 0.1) is 17.2 Å². The van der Waals surface area contributed by atoms with Gasteiger partial charge in [0.05, 0.1) is 10.5 Å². The molecule has 1 aliphatic heterocycles. The summed E-state index contributed by atoms with van der Waals surface area (Å²) in [5.41, 5.74) is 2.36. The van der Waals surface area contributed by atoms with E-state index in [-0.39, 0.29) is 17.2 Å². The Hall–Kier alpha value is -1.99. The molecule has 0 bridgehead atoms. The van der Waals surface area contributed by atoms with E-state index in [1.165, 1.54) is 61.3 Å². The van der Waals surface area contributed by atoms with Crippen molar-refractivity contribution in [3.8, 4) is 6.07 Å². The number of hydrogen-bond acceptors (Lipinski definition) is 6. The van der Waals surface area contributed by atoms with Gasteiger partial charge in [-0.2, -0.15) is 5.26 Å². The molecule has 0 unspecified atom stereocenters. The second-order valence-corrected chi connectivity index (χ2v) is 11.7. The highest BCUT2D eigenvalue weighted by Gasteiger charge is 2.27. The lowest BCUT2D eigenvalue weighted by Crippen LogP contribution is -2.34. The van der Waals surface area contributed by atoms with E-state index in [2.05, 4.69) is 16.3 Å². The van der Waals surface area contributed by atoms with E-state index in [0.717, 1.165) is 37.5 Å². The molecule has 1 fully saturated rings. The molecule has 0 aromatic carbocycles. The monoisotopic (exact) mass is 476 g/mol. The Balaban J connectivity index is 1.64. The number of amides is 1. The van der Waals surface area contributed by atoms with Crippen LogP contribution in [0.3, 0.4) is 0 Å². The van der Waals surface area contributed by atoms with Gasteiger partial charge in [-0.15, -0.1) is 11.3 Å². The van der Waals surface area contributed by atoms with E-state index < -0.39 is 10.0 Å². The number of hydrogen-bond donors (Lipinski definition) is 2. The quantitative estimate of drug-likeness (QED) is 0.577. The first-order chi connectivity index (χ1) is 15.2. The zero-order valence-electron chi connectivity index (χ0n) is 18.8. The van der Waals surface area contributed by atoms with Crippen LogP contribution in [0.2, 0.25) is 0 Å². The highest BCUT2D eigenvalue weighted by atomic mass is 32.2. The van der Waals surface area contributed by atoms with Crippen LogP contribution in [0.15, 0.2) is 22.6 Å². The van der Waals surface area contributed by atoms with Crippen molar-refractivity contribution in [1.82, 2.24) is 4.90 Å². The Labute approximate surface area is 195 Å². The third-order valence-electron chi connectivity index (χ3n) is 6.23. The molecule has 3 rings (SSSR count). The van der Waals surface area contributed by atoms with Crippen LogP contribution >= 0.6 is 11.3 Å². The number of primary sulfonamides is 1. The summed E-state index contributed by atoms with van der Waals surface area (Å²) in [6.07, 6.45) is 10.6. The summed E-state index contributed by atoms with van der Waals surface area (Å²) >= 11 is 1.51. The molecule has 0 atom stereocenters. The van der Waals surface area contributed by atoms with E-state index in [1.807, 2.05) is 0 Å². The third kappa shape index (κ3) is 6.51. The van der Waals surface area contributed by atoms with Gasteiger partial charge >= 0.3 is 0 Å². The van der Waals surface area contributed by atoms with Crippen molar-refractivity contribution in [3.05, 3.63) is 38.6 Å². The molecule has 1 aliphatic carbocycles. The van der Waals surface area contributed by atoms with Gasteiger partial charge in [0.2, 0.25) is 15.9 Å². The summed E-state index contributed by atoms with van der Waals surface area (Å²) in [6, 6.07) is 2.29.